The van der Waals surface area contributed by atoms with Crippen LogP contribution in [-0.2, 0) is 28.9 Å². The SMILES string of the molecule is OCc1cccc2c1CC1(CC2)O[CH+]CO1. The van der Waals surface area contributed by atoms with E-state index >= 15 is 0 Å². The van der Waals surface area contributed by atoms with Gasteiger partial charge < -0.3 is 5.11 Å². The van der Waals surface area contributed by atoms with Gasteiger partial charge in [0.2, 0.25) is 12.4 Å². The van der Waals surface area contributed by atoms with Gasteiger partial charge in [-0.05, 0) is 23.1 Å². The van der Waals surface area contributed by atoms with Crippen LogP contribution in [0.25, 0.3) is 0 Å². The van der Waals surface area contributed by atoms with Crippen LogP contribution in [0.4, 0.5) is 0 Å². The Kier molecular flexibility index (Phi) is 2.39. The van der Waals surface area contributed by atoms with E-state index in [9.17, 15) is 5.11 Å². The molecule has 1 N–H and O–H groups in total. The summed E-state index contributed by atoms with van der Waals surface area (Å²) in [5.41, 5.74) is 3.51. The molecule has 0 amide bonds. The van der Waals surface area contributed by atoms with Gasteiger partial charge in [0.25, 0.3) is 6.61 Å². The first kappa shape index (κ1) is 10.1. The first-order valence-corrected chi connectivity index (χ1v) is 5.67. The van der Waals surface area contributed by atoms with E-state index in [1.54, 1.807) is 6.61 Å². The highest BCUT2D eigenvalue weighted by Gasteiger charge is 2.45. The summed E-state index contributed by atoms with van der Waals surface area (Å²) < 4.78 is 11.3. The van der Waals surface area contributed by atoms with Crippen LogP contribution in [0.1, 0.15) is 23.1 Å². The average molecular weight is 219 g/mol. The fourth-order valence-electron chi connectivity index (χ4n) is 2.61. The molecule has 16 heavy (non-hydrogen) atoms. The molecule has 1 saturated heterocycles. The second-order valence-electron chi connectivity index (χ2n) is 4.40. The fraction of sp³-hybridized carbons (Fsp3) is 0.462. The van der Waals surface area contributed by atoms with E-state index in [0.29, 0.717) is 6.61 Å². The van der Waals surface area contributed by atoms with Crippen molar-refractivity contribution in [2.24, 2.45) is 0 Å². The molecule has 1 aromatic carbocycles. The monoisotopic (exact) mass is 219 g/mol. The van der Waals surface area contributed by atoms with Gasteiger partial charge in [0.1, 0.15) is 0 Å². The number of ether oxygens (including phenoxy) is 2. The van der Waals surface area contributed by atoms with Crippen LogP contribution in [0.5, 0.6) is 0 Å². The Hall–Kier alpha value is -1.03. The Labute approximate surface area is 95.0 Å². The minimum atomic E-state index is -0.460. The maximum atomic E-state index is 9.34. The molecule has 3 heteroatoms. The Morgan fingerprint density at radius 2 is 2.38 bits per heavy atom. The van der Waals surface area contributed by atoms with Gasteiger partial charge in [0.15, 0.2) is 0 Å². The second-order valence-corrected chi connectivity index (χ2v) is 4.40. The molecule has 0 aromatic heterocycles. The van der Waals surface area contributed by atoms with Crippen molar-refractivity contribution in [3.05, 3.63) is 41.5 Å². The van der Waals surface area contributed by atoms with Gasteiger partial charge in [-0.1, -0.05) is 18.2 Å². The lowest BCUT2D eigenvalue weighted by Crippen LogP contribution is -2.37. The molecule has 1 heterocycles. The summed E-state index contributed by atoms with van der Waals surface area (Å²) in [6.45, 7) is 2.38. The molecular weight excluding hydrogens is 204 g/mol. The number of aryl methyl sites for hydroxylation is 1. The first-order valence-electron chi connectivity index (χ1n) is 5.67. The van der Waals surface area contributed by atoms with Crippen molar-refractivity contribution in [3.8, 4) is 0 Å². The largest absolute Gasteiger partial charge is 0.392 e. The van der Waals surface area contributed by atoms with Crippen molar-refractivity contribution in [1.29, 1.82) is 0 Å². The number of aliphatic hydroxyl groups excluding tert-OH is 1. The van der Waals surface area contributed by atoms with Crippen LogP contribution in [0, 0.1) is 6.61 Å². The summed E-state index contributed by atoms with van der Waals surface area (Å²) in [4.78, 5) is 0. The quantitative estimate of drug-likeness (QED) is 0.729. The predicted molar refractivity (Wildman–Crippen MR) is 58.5 cm³/mol. The minimum absolute atomic E-state index is 0.0863. The molecule has 1 fully saturated rings. The zero-order valence-electron chi connectivity index (χ0n) is 9.11. The smallest absolute Gasteiger partial charge is 0.259 e. The summed E-state index contributed by atoms with van der Waals surface area (Å²) >= 11 is 0. The van der Waals surface area contributed by atoms with Crippen molar-refractivity contribution in [2.45, 2.75) is 31.7 Å². The molecule has 1 aliphatic carbocycles. The molecule has 0 radical (unpaired) electrons. The molecule has 3 rings (SSSR count). The molecule has 1 aliphatic heterocycles. The molecule has 1 unspecified atom stereocenters. The number of fused-ring (bicyclic) bond motifs is 1. The minimum Gasteiger partial charge on any atom is -0.392 e. The first-order chi connectivity index (χ1) is 7.83. The lowest BCUT2D eigenvalue weighted by atomic mass is 9.84. The Morgan fingerprint density at radius 3 is 3.12 bits per heavy atom. The van der Waals surface area contributed by atoms with Crippen LogP contribution in [0.2, 0.25) is 0 Å². The normalized spacial score (nSPS) is 27.8. The molecule has 1 atom stereocenters. The molecule has 2 aliphatic rings. The molecule has 1 spiro atoms. The van der Waals surface area contributed by atoms with E-state index in [0.717, 1.165) is 24.8 Å². The fourth-order valence-corrected chi connectivity index (χ4v) is 2.61. The number of rotatable bonds is 1. The standard InChI is InChI=1S/C13H15O3/c14-9-11-3-1-2-10-4-5-13(8-12(10)11)15-6-7-16-13/h1-3,6,14H,4-5,7-9H2/q+1. The maximum Gasteiger partial charge on any atom is 0.259 e. The summed E-state index contributed by atoms with van der Waals surface area (Å²) in [6.07, 6.45) is 2.60. The van der Waals surface area contributed by atoms with Gasteiger partial charge in [0, 0.05) is 12.8 Å². The maximum absolute atomic E-state index is 9.34. The lowest BCUT2D eigenvalue weighted by molar-refractivity contribution is -0.157. The van der Waals surface area contributed by atoms with E-state index in [-0.39, 0.29) is 6.61 Å². The molecule has 0 saturated carbocycles. The van der Waals surface area contributed by atoms with Crippen molar-refractivity contribution >= 4 is 0 Å². The Bertz CT molecular complexity index is 380. The van der Waals surface area contributed by atoms with E-state index in [2.05, 4.69) is 6.07 Å². The Balaban J connectivity index is 1.97. The van der Waals surface area contributed by atoms with Gasteiger partial charge in [-0.3, -0.25) is 4.74 Å². The van der Waals surface area contributed by atoms with Gasteiger partial charge >= 0.3 is 0 Å². The third-order valence-electron chi connectivity index (χ3n) is 3.47. The van der Waals surface area contributed by atoms with Crippen LogP contribution < -0.4 is 0 Å². The van der Waals surface area contributed by atoms with E-state index in [4.69, 9.17) is 9.47 Å². The van der Waals surface area contributed by atoms with Crippen molar-refractivity contribution < 1.29 is 14.6 Å². The average Bonchev–Trinajstić information content (AvgIpc) is 2.77. The molecule has 1 aromatic rings. The van der Waals surface area contributed by atoms with Crippen molar-refractivity contribution in [2.75, 3.05) is 6.61 Å². The highest BCUT2D eigenvalue weighted by atomic mass is 16.7. The zero-order chi connectivity index (χ0) is 11.0. The third-order valence-corrected chi connectivity index (χ3v) is 3.47. The van der Waals surface area contributed by atoms with Crippen molar-refractivity contribution in [3.63, 3.8) is 0 Å². The number of benzene rings is 1. The van der Waals surface area contributed by atoms with Crippen LogP contribution in [0.3, 0.4) is 0 Å². The summed E-state index contributed by atoms with van der Waals surface area (Å²) in [6, 6.07) is 6.10. The zero-order valence-corrected chi connectivity index (χ0v) is 9.11. The van der Waals surface area contributed by atoms with E-state index < -0.39 is 5.79 Å². The lowest BCUT2D eigenvalue weighted by Gasteiger charge is -2.30. The van der Waals surface area contributed by atoms with Gasteiger partial charge in [-0.15, -0.1) is 0 Å². The number of hydrogen-bond donors (Lipinski definition) is 1. The highest BCUT2D eigenvalue weighted by molar-refractivity contribution is 5.38. The summed E-state index contributed by atoms with van der Waals surface area (Å²) in [5.74, 6) is -0.460. The third kappa shape index (κ3) is 1.52. The van der Waals surface area contributed by atoms with Gasteiger partial charge in [0.05, 0.1) is 6.61 Å². The Morgan fingerprint density at radius 1 is 1.44 bits per heavy atom. The summed E-state index contributed by atoms with van der Waals surface area (Å²) in [5, 5.41) is 9.34. The van der Waals surface area contributed by atoms with E-state index in [1.165, 1.54) is 11.1 Å². The van der Waals surface area contributed by atoms with Crippen LogP contribution in [-0.4, -0.2) is 17.5 Å². The predicted octanol–water partition coefficient (Wildman–Crippen LogP) is 1.57. The molecule has 84 valence electrons. The topological polar surface area (TPSA) is 38.7 Å². The summed E-state index contributed by atoms with van der Waals surface area (Å²) in [7, 11) is 0. The number of aliphatic hydroxyl groups is 1. The number of hydrogen-bond acceptors (Lipinski definition) is 3. The highest BCUT2D eigenvalue weighted by Crippen LogP contribution is 2.37. The van der Waals surface area contributed by atoms with Crippen molar-refractivity contribution in [1.82, 2.24) is 0 Å². The van der Waals surface area contributed by atoms with Gasteiger partial charge in [-0.25, -0.2) is 0 Å². The molecule has 0 bridgehead atoms. The van der Waals surface area contributed by atoms with Gasteiger partial charge in [-0.2, -0.15) is 4.74 Å². The van der Waals surface area contributed by atoms with E-state index in [1.807, 2.05) is 12.1 Å². The van der Waals surface area contributed by atoms with Crippen LogP contribution >= 0.6 is 0 Å². The molecular formula is C13H15O3+. The second kappa shape index (κ2) is 3.77. The molecule has 3 nitrogen and oxygen atoms in total. The van der Waals surface area contributed by atoms with Crippen LogP contribution in [0.15, 0.2) is 18.2 Å².